The van der Waals surface area contributed by atoms with Crippen molar-refractivity contribution in [1.82, 2.24) is 0 Å². The third kappa shape index (κ3) is 2.37. The zero-order valence-corrected chi connectivity index (χ0v) is 10.2. The highest BCUT2D eigenvalue weighted by Gasteiger charge is 2.18. The van der Waals surface area contributed by atoms with Crippen molar-refractivity contribution in [3.63, 3.8) is 0 Å². The van der Waals surface area contributed by atoms with E-state index in [0.29, 0.717) is 0 Å². The van der Waals surface area contributed by atoms with E-state index in [1.165, 1.54) is 0 Å². The zero-order chi connectivity index (χ0) is 10.7. The maximum absolute atomic E-state index is 10.8. The first-order valence-electron chi connectivity index (χ1n) is 4.24. The minimum absolute atomic E-state index is 0.508. The Kier molecular flexibility index (Phi) is 3.74. The van der Waals surface area contributed by atoms with Crippen LogP contribution in [0.4, 0.5) is 5.69 Å². The van der Waals surface area contributed by atoms with Crippen molar-refractivity contribution in [3.05, 3.63) is 27.8 Å². The van der Waals surface area contributed by atoms with Gasteiger partial charge in [0, 0.05) is 10.6 Å². The molecule has 4 heteroatoms. The number of halogens is 1. The van der Waals surface area contributed by atoms with Gasteiger partial charge < -0.3 is 10.0 Å². The van der Waals surface area contributed by atoms with Crippen molar-refractivity contribution >= 4 is 34.2 Å². The Hall–Kier alpha value is -0.780. The Bertz CT molecular complexity index is 341. The number of hydrogen-bond donors (Lipinski definition) is 1. The molecule has 0 spiro atoms. The van der Waals surface area contributed by atoms with E-state index in [1.807, 2.05) is 24.3 Å². The lowest BCUT2D eigenvalue weighted by Gasteiger charge is -2.24. The molecule has 0 bridgehead atoms. The Labute approximate surface area is 96.9 Å². The number of carboxylic acid groups (broad SMARTS) is 1. The van der Waals surface area contributed by atoms with E-state index in [9.17, 15) is 4.79 Å². The summed E-state index contributed by atoms with van der Waals surface area (Å²) in [5.41, 5.74) is 0.947. The molecule has 1 aromatic rings. The molecule has 1 rings (SSSR count). The van der Waals surface area contributed by atoms with Gasteiger partial charge in [0.15, 0.2) is 0 Å². The number of anilines is 1. The first-order valence-corrected chi connectivity index (χ1v) is 5.32. The Morgan fingerprint density at radius 1 is 1.50 bits per heavy atom. The zero-order valence-electron chi connectivity index (χ0n) is 8.07. The van der Waals surface area contributed by atoms with Crippen LogP contribution in [0.3, 0.4) is 0 Å². The van der Waals surface area contributed by atoms with Crippen LogP contribution in [0.2, 0.25) is 0 Å². The van der Waals surface area contributed by atoms with Crippen molar-refractivity contribution in [2.75, 3.05) is 11.9 Å². The molecule has 1 N–H and O–H groups in total. The van der Waals surface area contributed by atoms with Crippen LogP contribution < -0.4 is 4.90 Å². The molecule has 76 valence electrons. The molecule has 1 atom stereocenters. The third-order valence-electron chi connectivity index (χ3n) is 2.17. The summed E-state index contributed by atoms with van der Waals surface area (Å²) < 4.78 is 1.06. The third-order valence-corrected chi connectivity index (χ3v) is 3.08. The molecule has 3 nitrogen and oxygen atoms in total. The van der Waals surface area contributed by atoms with Gasteiger partial charge in [-0.2, -0.15) is 0 Å². The van der Waals surface area contributed by atoms with Crippen molar-refractivity contribution in [1.29, 1.82) is 0 Å². The predicted molar refractivity (Wildman–Crippen MR) is 64.7 cm³/mol. The summed E-state index contributed by atoms with van der Waals surface area (Å²) in [7, 11) is 1.79. The summed E-state index contributed by atoms with van der Waals surface area (Å²) in [6, 6.07) is 7.21. The fourth-order valence-electron chi connectivity index (χ4n) is 1.11. The number of carbonyl (C=O) groups is 1. The maximum Gasteiger partial charge on any atom is 0.326 e. The van der Waals surface area contributed by atoms with Gasteiger partial charge in [-0.1, -0.05) is 12.1 Å². The molecule has 0 amide bonds. The van der Waals surface area contributed by atoms with Crippen molar-refractivity contribution in [2.24, 2.45) is 0 Å². The van der Waals surface area contributed by atoms with Crippen molar-refractivity contribution in [2.45, 2.75) is 13.0 Å². The van der Waals surface area contributed by atoms with Gasteiger partial charge in [-0.05, 0) is 41.6 Å². The summed E-state index contributed by atoms with van der Waals surface area (Å²) in [6.07, 6.45) is 0. The second kappa shape index (κ2) is 4.63. The number of rotatable bonds is 3. The molecule has 0 aliphatic rings. The average molecular weight is 305 g/mol. The van der Waals surface area contributed by atoms with Crippen LogP contribution in [-0.2, 0) is 4.79 Å². The Morgan fingerprint density at radius 2 is 2.07 bits per heavy atom. The summed E-state index contributed by atoms with van der Waals surface area (Å²) in [5.74, 6) is -0.813. The predicted octanol–water partition coefficient (Wildman–Crippen LogP) is 2.20. The van der Waals surface area contributed by atoms with Gasteiger partial charge >= 0.3 is 5.97 Å². The van der Waals surface area contributed by atoms with Gasteiger partial charge in [-0.15, -0.1) is 0 Å². The van der Waals surface area contributed by atoms with E-state index in [4.69, 9.17) is 5.11 Å². The van der Waals surface area contributed by atoms with Gasteiger partial charge in [0.1, 0.15) is 6.04 Å². The number of carboxylic acids is 1. The maximum atomic E-state index is 10.8. The van der Waals surface area contributed by atoms with E-state index in [1.54, 1.807) is 18.9 Å². The SMILES string of the molecule is CC(C(=O)O)N(C)c1ccccc1I. The summed E-state index contributed by atoms with van der Waals surface area (Å²) in [4.78, 5) is 12.5. The number of para-hydroxylation sites is 1. The van der Waals surface area contributed by atoms with Crippen LogP contribution >= 0.6 is 22.6 Å². The highest BCUT2D eigenvalue weighted by Crippen LogP contribution is 2.22. The second-order valence-corrected chi connectivity index (χ2v) is 4.24. The summed E-state index contributed by atoms with van der Waals surface area (Å²) in [6.45, 7) is 1.67. The van der Waals surface area contributed by atoms with E-state index >= 15 is 0 Å². The van der Waals surface area contributed by atoms with Crippen LogP contribution in [0.5, 0.6) is 0 Å². The lowest BCUT2D eigenvalue weighted by molar-refractivity contribution is -0.138. The summed E-state index contributed by atoms with van der Waals surface area (Å²) in [5, 5.41) is 8.86. The van der Waals surface area contributed by atoms with Gasteiger partial charge in [-0.3, -0.25) is 0 Å². The average Bonchev–Trinajstić information content (AvgIpc) is 2.16. The minimum Gasteiger partial charge on any atom is -0.480 e. The molecule has 1 aromatic carbocycles. The first kappa shape index (κ1) is 11.3. The van der Waals surface area contributed by atoms with Gasteiger partial charge in [0.25, 0.3) is 0 Å². The molecule has 14 heavy (non-hydrogen) atoms. The fourth-order valence-corrected chi connectivity index (χ4v) is 1.88. The minimum atomic E-state index is -0.813. The van der Waals surface area contributed by atoms with E-state index in [0.717, 1.165) is 9.26 Å². The van der Waals surface area contributed by atoms with Gasteiger partial charge in [0.2, 0.25) is 0 Å². The highest BCUT2D eigenvalue weighted by molar-refractivity contribution is 14.1. The molecule has 0 fully saturated rings. The molecule has 1 unspecified atom stereocenters. The molecule has 0 radical (unpaired) electrons. The standard InChI is InChI=1S/C10H12INO2/c1-7(10(13)14)12(2)9-6-4-3-5-8(9)11/h3-7H,1-2H3,(H,13,14). The van der Waals surface area contributed by atoms with Crippen molar-refractivity contribution < 1.29 is 9.90 Å². The Balaban J connectivity index is 2.94. The molecular weight excluding hydrogens is 293 g/mol. The lowest BCUT2D eigenvalue weighted by atomic mass is 10.2. The fraction of sp³-hybridized carbons (Fsp3) is 0.300. The van der Waals surface area contributed by atoms with Crippen LogP contribution in [0.15, 0.2) is 24.3 Å². The lowest BCUT2D eigenvalue weighted by Crippen LogP contribution is -2.36. The van der Waals surface area contributed by atoms with E-state index < -0.39 is 12.0 Å². The molecule has 0 saturated heterocycles. The number of hydrogen-bond acceptors (Lipinski definition) is 2. The highest BCUT2D eigenvalue weighted by atomic mass is 127. The monoisotopic (exact) mass is 305 g/mol. The number of benzene rings is 1. The molecule has 0 aromatic heterocycles. The van der Waals surface area contributed by atoms with E-state index in [-0.39, 0.29) is 0 Å². The van der Waals surface area contributed by atoms with Crippen molar-refractivity contribution in [3.8, 4) is 0 Å². The van der Waals surface area contributed by atoms with Crippen LogP contribution in [0.1, 0.15) is 6.92 Å². The first-order chi connectivity index (χ1) is 6.54. The second-order valence-electron chi connectivity index (χ2n) is 3.08. The molecule has 0 aliphatic heterocycles. The molecule has 0 heterocycles. The summed E-state index contributed by atoms with van der Waals surface area (Å²) >= 11 is 2.20. The van der Waals surface area contributed by atoms with Crippen LogP contribution in [0, 0.1) is 3.57 Å². The van der Waals surface area contributed by atoms with Gasteiger partial charge in [-0.25, -0.2) is 4.79 Å². The number of nitrogens with zero attached hydrogens (tertiary/aromatic N) is 1. The van der Waals surface area contributed by atoms with Crippen LogP contribution in [-0.4, -0.2) is 24.2 Å². The normalized spacial score (nSPS) is 12.2. The van der Waals surface area contributed by atoms with E-state index in [2.05, 4.69) is 22.6 Å². The smallest absolute Gasteiger partial charge is 0.326 e. The quantitative estimate of drug-likeness (QED) is 0.870. The Morgan fingerprint density at radius 3 is 2.57 bits per heavy atom. The number of likely N-dealkylation sites (N-methyl/N-ethyl adjacent to an activating group) is 1. The topological polar surface area (TPSA) is 40.5 Å². The van der Waals surface area contributed by atoms with Crippen LogP contribution in [0.25, 0.3) is 0 Å². The molecule has 0 saturated carbocycles. The molecular formula is C10H12INO2. The number of aliphatic carboxylic acids is 1. The largest absolute Gasteiger partial charge is 0.480 e. The van der Waals surface area contributed by atoms with Gasteiger partial charge in [0.05, 0.1) is 5.69 Å². The molecule has 0 aliphatic carbocycles.